The average Bonchev–Trinajstić information content (AvgIpc) is 2.60. The van der Waals surface area contributed by atoms with Crippen LogP contribution in [0.2, 0.25) is 0 Å². The number of nitrogens with zero attached hydrogens (tertiary/aromatic N) is 3. The average molecular weight is 214 g/mol. The second-order valence-electron chi connectivity index (χ2n) is 3.40. The van der Waals surface area contributed by atoms with Crippen molar-refractivity contribution in [1.29, 1.82) is 0 Å². The Bertz CT molecular complexity index is 277. The number of ether oxygens (including phenoxy) is 1. The molecule has 1 rings (SSSR count). The lowest BCUT2D eigenvalue weighted by molar-refractivity contribution is 0.0647. The van der Waals surface area contributed by atoms with Gasteiger partial charge in [-0.15, -0.1) is 0 Å². The van der Waals surface area contributed by atoms with E-state index in [1.165, 1.54) is 0 Å². The molecule has 0 aromatic carbocycles. The van der Waals surface area contributed by atoms with E-state index in [2.05, 4.69) is 15.4 Å². The minimum atomic E-state index is -0.452. The molecular formula is C9H18N4O2. The van der Waals surface area contributed by atoms with Crippen molar-refractivity contribution in [3.8, 4) is 0 Å². The third-order valence-corrected chi connectivity index (χ3v) is 1.91. The van der Waals surface area contributed by atoms with Gasteiger partial charge in [-0.05, 0) is 0 Å². The summed E-state index contributed by atoms with van der Waals surface area (Å²) in [6.45, 7) is 1.64. The summed E-state index contributed by atoms with van der Waals surface area (Å²) in [5.74, 6) is 0.811. The van der Waals surface area contributed by atoms with Crippen molar-refractivity contribution in [2.24, 2.45) is 7.05 Å². The highest BCUT2D eigenvalue weighted by Crippen LogP contribution is 1.88. The number of hydrogen-bond donors (Lipinski definition) is 2. The minimum absolute atomic E-state index is 0.356. The highest BCUT2D eigenvalue weighted by Gasteiger charge is 2.02. The van der Waals surface area contributed by atoms with Crippen LogP contribution in [0.15, 0.2) is 6.33 Å². The molecular weight excluding hydrogens is 196 g/mol. The van der Waals surface area contributed by atoms with Crippen LogP contribution in [0.3, 0.4) is 0 Å². The minimum Gasteiger partial charge on any atom is -0.389 e. The summed E-state index contributed by atoms with van der Waals surface area (Å²) < 4.78 is 6.48. The first-order valence-corrected chi connectivity index (χ1v) is 4.94. The van der Waals surface area contributed by atoms with Crippen molar-refractivity contribution in [2.45, 2.75) is 12.5 Å². The summed E-state index contributed by atoms with van der Waals surface area (Å²) in [6.07, 6.45) is 1.99. The second kappa shape index (κ2) is 6.49. The van der Waals surface area contributed by atoms with Gasteiger partial charge in [0.2, 0.25) is 0 Å². The standard InChI is InChI=1S/C9H18N4O2/c1-13-7-11-9(12-13)3-4-10-5-8(14)6-15-2/h7-8,10,14H,3-6H2,1-2H3. The number of aliphatic hydroxyl groups excluding tert-OH is 1. The van der Waals surface area contributed by atoms with E-state index in [1.54, 1.807) is 18.1 Å². The van der Waals surface area contributed by atoms with Crippen LogP contribution in [0, 0.1) is 0 Å². The van der Waals surface area contributed by atoms with Gasteiger partial charge in [0.05, 0.1) is 12.7 Å². The number of methoxy groups -OCH3 is 1. The van der Waals surface area contributed by atoms with Crippen molar-refractivity contribution in [3.05, 3.63) is 12.2 Å². The molecule has 1 unspecified atom stereocenters. The van der Waals surface area contributed by atoms with Crippen molar-refractivity contribution in [3.63, 3.8) is 0 Å². The smallest absolute Gasteiger partial charge is 0.151 e. The summed E-state index contributed by atoms with van der Waals surface area (Å²) in [5.41, 5.74) is 0. The van der Waals surface area contributed by atoms with Crippen LogP contribution >= 0.6 is 0 Å². The van der Waals surface area contributed by atoms with Crippen LogP contribution in [0.5, 0.6) is 0 Å². The molecule has 0 aliphatic heterocycles. The highest BCUT2D eigenvalue weighted by molar-refractivity contribution is 4.82. The molecule has 86 valence electrons. The van der Waals surface area contributed by atoms with Crippen LogP contribution in [0.1, 0.15) is 5.82 Å². The van der Waals surface area contributed by atoms with Gasteiger partial charge in [0.1, 0.15) is 6.33 Å². The second-order valence-corrected chi connectivity index (χ2v) is 3.40. The van der Waals surface area contributed by atoms with E-state index >= 15 is 0 Å². The predicted octanol–water partition coefficient (Wildman–Crippen LogP) is -1.05. The number of rotatable bonds is 7. The van der Waals surface area contributed by atoms with Crippen molar-refractivity contribution in [1.82, 2.24) is 20.1 Å². The molecule has 1 aromatic rings. The van der Waals surface area contributed by atoms with Gasteiger partial charge in [-0.1, -0.05) is 0 Å². The zero-order valence-corrected chi connectivity index (χ0v) is 9.18. The Morgan fingerprint density at radius 2 is 2.47 bits per heavy atom. The maximum absolute atomic E-state index is 9.33. The Hall–Kier alpha value is -0.980. The summed E-state index contributed by atoms with van der Waals surface area (Å²) in [4.78, 5) is 4.09. The summed E-state index contributed by atoms with van der Waals surface area (Å²) in [6, 6.07) is 0. The van der Waals surface area contributed by atoms with Crippen LogP contribution in [-0.2, 0) is 18.2 Å². The van der Waals surface area contributed by atoms with E-state index in [1.807, 2.05) is 7.05 Å². The molecule has 0 amide bonds. The molecule has 0 radical (unpaired) electrons. The SMILES string of the molecule is COCC(O)CNCCc1ncn(C)n1. The van der Waals surface area contributed by atoms with E-state index in [0.717, 1.165) is 18.8 Å². The zero-order valence-electron chi connectivity index (χ0n) is 9.18. The number of aryl methyl sites for hydroxylation is 1. The lowest BCUT2D eigenvalue weighted by atomic mass is 10.3. The first kappa shape index (κ1) is 12.1. The predicted molar refractivity (Wildman–Crippen MR) is 55.5 cm³/mol. The quantitative estimate of drug-likeness (QED) is 0.567. The molecule has 15 heavy (non-hydrogen) atoms. The number of nitrogens with one attached hydrogen (secondary N) is 1. The molecule has 6 nitrogen and oxygen atoms in total. The molecule has 1 aromatic heterocycles. The molecule has 0 saturated heterocycles. The topological polar surface area (TPSA) is 72.2 Å². The lowest BCUT2D eigenvalue weighted by Crippen LogP contribution is -2.31. The maximum Gasteiger partial charge on any atom is 0.151 e. The lowest BCUT2D eigenvalue weighted by Gasteiger charge is -2.09. The Balaban J connectivity index is 2.06. The van der Waals surface area contributed by atoms with E-state index in [0.29, 0.717) is 13.2 Å². The molecule has 0 fully saturated rings. The number of aliphatic hydroxyl groups is 1. The van der Waals surface area contributed by atoms with Gasteiger partial charge < -0.3 is 15.2 Å². The van der Waals surface area contributed by atoms with E-state index in [4.69, 9.17) is 4.74 Å². The Morgan fingerprint density at radius 3 is 3.07 bits per heavy atom. The van der Waals surface area contributed by atoms with Crippen molar-refractivity contribution in [2.75, 3.05) is 26.8 Å². The van der Waals surface area contributed by atoms with Gasteiger partial charge in [0, 0.05) is 33.7 Å². The fraction of sp³-hybridized carbons (Fsp3) is 0.778. The first-order valence-electron chi connectivity index (χ1n) is 4.94. The summed E-state index contributed by atoms with van der Waals surface area (Å²) >= 11 is 0. The van der Waals surface area contributed by atoms with E-state index in [9.17, 15) is 5.11 Å². The Morgan fingerprint density at radius 1 is 1.67 bits per heavy atom. The highest BCUT2D eigenvalue weighted by atomic mass is 16.5. The van der Waals surface area contributed by atoms with Gasteiger partial charge in [0.15, 0.2) is 5.82 Å². The molecule has 0 saturated carbocycles. The molecule has 1 atom stereocenters. The van der Waals surface area contributed by atoms with E-state index in [-0.39, 0.29) is 0 Å². The molecule has 0 bridgehead atoms. The van der Waals surface area contributed by atoms with Crippen LogP contribution in [0.25, 0.3) is 0 Å². The summed E-state index contributed by atoms with van der Waals surface area (Å²) in [5, 5.41) is 16.6. The molecule has 6 heteroatoms. The molecule has 0 aliphatic rings. The third-order valence-electron chi connectivity index (χ3n) is 1.91. The Kier molecular flexibility index (Phi) is 5.23. The van der Waals surface area contributed by atoms with Crippen molar-refractivity contribution >= 4 is 0 Å². The maximum atomic E-state index is 9.33. The van der Waals surface area contributed by atoms with Crippen molar-refractivity contribution < 1.29 is 9.84 Å². The molecule has 0 spiro atoms. The van der Waals surface area contributed by atoms with Gasteiger partial charge in [0.25, 0.3) is 0 Å². The van der Waals surface area contributed by atoms with Gasteiger partial charge in [-0.25, -0.2) is 4.98 Å². The van der Waals surface area contributed by atoms with Gasteiger partial charge in [-0.2, -0.15) is 5.10 Å². The van der Waals surface area contributed by atoms with Gasteiger partial charge >= 0.3 is 0 Å². The fourth-order valence-corrected chi connectivity index (χ4v) is 1.22. The third kappa shape index (κ3) is 4.87. The summed E-state index contributed by atoms with van der Waals surface area (Å²) in [7, 11) is 3.41. The number of hydrogen-bond acceptors (Lipinski definition) is 5. The van der Waals surface area contributed by atoms with Crippen LogP contribution < -0.4 is 5.32 Å². The largest absolute Gasteiger partial charge is 0.389 e. The number of aromatic nitrogens is 3. The van der Waals surface area contributed by atoms with E-state index < -0.39 is 6.10 Å². The Labute approximate surface area is 89.3 Å². The molecule has 0 aliphatic carbocycles. The normalized spacial score (nSPS) is 13.0. The molecule has 1 heterocycles. The first-order chi connectivity index (χ1) is 7.22. The molecule has 2 N–H and O–H groups in total. The zero-order chi connectivity index (χ0) is 11.1. The monoisotopic (exact) mass is 214 g/mol. The van der Waals surface area contributed by atoms with Crippen LogP contribution in [-0.4, -0.2) is 52.8 Å². The fourth-order valence-electron chi connectivity index (χ4n) is 1.22. The van der Waals surface area contributed by atoms with Crippen LogP contribution in [0.4, 0.5) is 0 Å². The van der Waals surface area contributed by atoms with Gasteiger partial charge in [-0.3, -0.25) is 4.68 Å².